The zero-order valence-corrected chi connectivity index (χ0v) is 15.6. The molecule has 2 aromatic carbocycles. The Labute approximate surface area is 156 Å². The molecule has 0 aliphatic carbocycles. The second kappa shape index (κ2) is 7.07. The lowest BCUT2D eigenvalue weighted by Gasteiger charge is -2.12. The molecule has 1 fully saturated rings. The summed E-state index contributed by atoms with van der Waals surface area (Å²) in [7, 11) is 0. The van der Waals surface area contributed by atoms with Crippen LogP contribution in [0.2, 0.25) is 5.02 Å². The fourth-order valence-corrected chi connectivity index (χ4v) is 3.44. The van der Waals surface area contributed by atoms with Crippen LogP contribution in [0, 0.1) is 3.57 Å². The molecule has 0 N–H and O–H groups in total. The first kappa shape index (κ1) is 16.5. The lowest BCUT2D eigenvalue weighted by molar-refractivity contribution is -0.123. The van der Waals surface area contributed by atoms with E-state index in [0.717, 1.165) is 26.5 Å². The van der Waals surface area contributed by atoms with Crippen LogP contribution >= 0.6 is 46.0 Å². The molecule has 0 atom stereocenters. The standard InChI is InChI=1S/C17H11ClINO2S/c18-13-5-1-12(2-6-13)10-20-16(21)15(23-17(20)22)9-11-3-7-14(19)8-4-11/h1-9H,10H2/b15-9-. The Bertz CT molecular complexity index is 787. The molecule has 0 bridgehead atoms. The monoisotopic (exact) mass is 455 g/mol. The van der Waals surface area contributed by atoms with E-state index in [-0.39, 0.29) is 17.7 Å². The van der Waals surface area contributed by atoms with Gasteiger partial charge in [0.25, 0.3) is 11.1 Å². The van der Waals surface area contributed by atoms with E-state index in [0.29, 0.717) is 9.93 Å². The molecule has 2 aromatic rings. The Morgan fingerprint density at radius 2 is 1.70 bits per heavy atom. The van der Waals surface area contributed by atoms with E-state index in [9.17, 15) is 9.59 Å². The SMILES string of the molecule is O=C1S/C(=C\c2ccc(I)cc2)C(=O)N1Cc1ccc(Cl)cc1. The molecule has 0 saturated carbocycles. The fraction of sp³-hybridized carbons (Fsp3) is 0.0588. The van der Waals surface area contributed by atoms with Gasteiger partial charge in [0.1, 0.15) is 0 Å². The second-order valence-corrected chi connectivity index (χ2v) is 7.62. The molecule has 0 unspecified atom stereocenters. The minimum atomic E-state index is -0.256. The molecule has 1 saturated heterocycles. The van der Waals surface area contributed by atoms with Gasteiger partial charge in [-0.2, -0.15) is 0 Å². The summed E-state index contributed by atoms with van der Waals surface area (Å²) < 4.78 is 1.12. The molecule has 0 radical (unpaired) electrons. The third kappa shape index (κ3) is 3.97. The van der Waals surface area contributed by atoms with Crippen LogP contribution in [-0.2, 0) is 11.3 Å². The van der Waals surface area contributed by atoms with Gasteiger partial charge in [0.15, 0.2) is 0 Å². The quantitative estimate of drug-likeness (QED) is 0.473. The molecule has 2 amide bonds. The normalized spacial score (nSPS) is 16.4. The highest BCUT2D eigenvalue weighted by Gasteiger charge is 2.34. The molecule has 1 heterocycles. The van der Waals surface area contributed by atoms with E-state index in [4.69, 9.17) is 11.6 Å². The van der Waals surface area contributed by atoms with Crippen molar-refractivity contribution in [2.45, 2.75) is 6.54 Å². The highest BCUT2D eigenvalue weighted by atomic mass is 127. The van der Waals surface area contributed by atoms with E-state index in [2.05, 4.69) is 22.6 Å². The predicted molar refractivity (Wildman–Crippen MR) is 102 cm³/mol. The van der Waals surface area contributed by atoms with Crippen LogP contribution in [0.3, 0.4) is 0 Å². The third-order valence-electron chi connectivity index (χ3n) is 3.30. The first-order chi connectivity index (χ1) is 11.0. The summed E-state index contributed by atoms with van der Waals surface area (Å²) in [6, 6.07) is 14.9. The van der Waals surface area contributed by atoms with Gasteiger partial charge in [0.2, 0.25) is 0 Å². The molecule has 6 heteroatoms. The van der Waals surface area contributed by atoms with Gasteiger partial charge >= 0.3 is 0 Å². The van der Waals surface area contributed by atoms with E-state index in [1.165, 1.54) is 4.90 Å². The fourth-order valence-electron chi connectivity index (χ4n) is 2.12. The van der Waals surface area contributed by atoms with Crippen LogP contribution in [0.1, 0.15) is 11.1 Å². The van der Waals surface area contributed by atoms with Gasteiger partial charge in [-0.3, -0.25) is 14.5 Å². The van der Waals surface area contributed by atoms with Crippen LogP contribution in [0.25, 0.3) is 6.08 Å². The van der Waals surface area contributed by atoms with Gasteiger partial charge < -0.3 is 0 Å². The summed E-state index contributed by atoms with van der Waals surface area (Å²) in [5.74, 6) is -0.256. The van der Waals surface area contributed by atoms with E-state index >= 15 is 0 Å². The number of rotatable bonds is 3. The van der Waals surface area contributed by atoms with Crippen LogP contribution in [0.5, 0.6) is 0 Å². The number of halogens is 2. The highest BCUT2D eigenvalue weighted by Crippen LogP contribution is 2.33. The van der Waals surface area contributed by atoms with Crippen molar-refractivity contribution >= 4 is 63.2 Å². The summed E-state index contributed by atoms with van der Waals surface area (Å²) in [5.41, 5.74) is 1.77. The number of hydrogen-bond donors (Lipinski definition) is 0. The van der Waals surface area contributed by atoms with Crippen molar-refractivity contribution in [3.63, 3.8) is 0 Å². The molecule has 23 heavy (non-hydrogen) atoms. The van der Waals surface area contributed by atoms with Crippen LogP contribution in [-0.4, -0.2) is 16.0 Å². The van der Waals surface area contributed by atoms with Crippen molar-refractivity contribution in [3.05, 3.63) is 73.2 Å². The van der Waals surface area contributed by atoms with Crippen molar-refractivity contribution < 1.29 is 9.59 Å². The van der Waals surface area contributed by atoms with E-state index in [1.807, 2.05) is 36.4 Å². The number of carbonyl (C=O) groups is 2. The number of benzene rings is 2. The van der Waals surface area contributed by atoms with Gasteiger partial charge in [-0.05, 0) is 75.8 Å². The maximum absolute atomic E-state index is 12.4. The highest BCUT2D eigenvalue weighted by molar-refractivity contribution is 14.1. The van der Waals surface area contributed by atoms with Gasteiger partial charge in [-0.1, -0.05) is 35.9 Å². The van der Waals surface area contributed by atoms with Gasteiger partial charge in [-0.25, -0.2) is 0 Å². The molecule has 1 aliphatic heterocycles. The summed E-state index contributed by atoms with van der Waals surface area (Å²) in [6.45, 7) is 0.256. The first-order valence-corrected chi connectivity index (χ1v) is 9.05. The van der Waals surface area contributed by atoms with Crippen LogP contribution < -0.4 is 0 Å². The molecular formula is C17H11ClINO2S. The number of thioether (sulfide) groups is 1. The average molecular weight is 456 g/mol. The topological polar surface area (TPSA) is 37.4 Å². The van der Waals surface area contributed by atoms with E-state index in [1.54, 1.807) is 18.2 Å². The lowest BCUT2D eigenvalue weighted by atomic mass is 10.2. The number of hydrogen-bond acceptors (Lipinski definition) is 3. The zero-order valence-electron chi connectivity index (χ0n) is 11.8. The van der Waals surface area contributed by atoms with Crippen LogP contribution in [0.4, 0.5) is 4.79 Å². The predicted octanol–water partition coefficient (Wildman–Crippen LogP) is 5.18. The van der Waals surface area contributed by atoms with Crippen molar-refractivity contribution in [1.29, 1.82) is 0 Å². The lowest BCUT2D eigenvalue weighted by Crippen LogP contribution is -2.27. The molecule has 0 spiro atoms. The number of imide groups is 1. The maximum Gasteiger partial charge on any atom is 0.293 e. The summed E-state index contributed by atoms with van der Waals surface area (Å²) in [4.78, 5) is 26.3. The molecule has 3 nitrogen and oxygen atoms in total. The van der Waals surface area contributed by atoms with Gasteiger partial charge in [-0.15, -0.1) is 0 Å². The number of carbonyl (C=O) groups excluding carboxylic acids is 2. The second-order valence-electron chi connectivity index (χ2n) is 4.95. The number of amides is 2. The Hall–Kier alpha value is -1.31. The van der Waals surface area contributed by atoms with Gasteiger partial charge in [0.05, 0.1) is 11.4 Å². The largest absolute Gasteiger partial charge is 0.293 e. The molecule has 3 rings (SSSR count). The number of nitrogens with zero attached hydrogens (tertiary/aromatic N) is 1. The molecule has 116 valence electrons. The molecule has 0 aromatic heterocycles. The average Bonchev–Trinajstić information content (AvgIpc) is 2.79. The maximum atomic E-state index is 12.4. The Morgan fingerprint density at radius 1 is 1.04 bits per heavy atom. The smallest absolute Gasteiger partial charge is 0.268 e. The third-order valence-corrected chi connectivity index (χ3v) is 5.17. The Balaban J connectivity index is 1.79. The Kier molecular flexibility index (Phi) is 5.08. The van der Waals surface area contributed by atoms with Gasteiger partial charge in [0, 0.05) is 8.59 Å². The zero-order chi connectivity index (χ0) is 16.4. The first-order valence-electron chi connectivity index (χ1n) is 6.78. The van der Waals surface area contributed by atoms with E-state index < -0.39 is 0 Å². The summed E-state index contributed by atoms with van der Waals surface area (Å²) in [5, 5.41) is 0.378. The molecular weight excluding hydrogens is 445 g/mol. The summed E-state index contributed by atoms with van der Waals surface area (Å²) >= 11 is 9.04. The summed E-state index contributed by atoms with van der Waals surface area (Å²) in [6.07, 6.45) is 1.75. The Morgan fingerprint density at radius 3 is 2.35 bits per heavy atom. The minimum absolute atomic E-state index is 0.248. The minimum Gasteiger partial charge on any atom is -0.268 e. The van der Waals surface area contributed by atoms with Crippen LogP contribution in [0.15, 0.2) is 53.4 Å². The van der Waals surface area contributed by atoms with Crippen molar-refractivity contribution in [2.75, 3.05) is 0 Å². The van der Waals surface area contributed by atoms with Crippen molar-refractivity contribution in [3.8, 4) is 0 Å². The van der Waals surface area contributed by atoms with Crippen molar-refractivity contribution in [1.82, 2.24) is 4.90 Å². The molecule has 1 aliphatic rings. The van der Waals surface area contributed by atoms with Crippen molar-refractivity contribution in [2.24, 2.45) is 0 Å².